The van der Waals surface area contributed by atoms with Crippen molar-refractivity contribution in [3.63, 3.8) is 0 Å². The number of carboxylic acid groups (broad SMARTS) is 1. The highest BCUT2D eigenvalue weighted by Gasteiger charge is 2.46. The number of carboxylic acids is 1. The molecule has 0 rings (SSSR count). The highest BCUT2D eigenvalue weighted by atomic mass is 32.3. The van der Waals surface area contributed by atoms with Crippen molar-refractivity contribution >= 4 is 41.3 Å². The van der Waals surface area contributed by atoms with Crippen LogP contribution in [0.2, 0.25) is 0 Å². The fourth-order valence-electron chi connectivity index (χ4n) is 0.260. The molecule has 1 atom stereocenters. The molecule has 0 radical (unpaired) electrons. The molecular weight excluding hydrogens is 212 g/mol. The Morgan fingerprint density at radius 2 is 1.91 bits per heavy atom. The fraction of sp³-hybridized carbons (Fsp3) is 0.667. The number of thiol groups is 2. The molecule has 0 saturated heterocycles. The summed E-state index contributed by atoms with van der Waals surface area (Å²) >= 11 is 6.72. The molecule has 0 amide bonds. The minimum Gasteiger partial charge on any atom is -0.479 e. The van der Waals surface area contributed by atoms with E-state index in [-0.39, 0.29) is 0 Å². The van der Waals surface area contributed by atoms with Crippen LogP contribution in [0.3, 0.4) is 0 Å². The molecule has 11 heavy (non-hydrogen) atoms. The smallest absolute Gasteiger partial charge is 0.338 e. The van der Waals surface area contributed by atoms with E-state index < -0.39 is 25.9 Å². The summed E-state index contributed by atoms with van der Waals surface area (Å²) in [5.74, 6) is -2.36. The number of carbonyl (C=O) groups is 1. The average Bonchev–Trinajstić information content (AvgIpc) is 1.83. The van der Waals surface area contributed by atoms with Crippen LogP contribution in [0.5, 0.6) is 0 Å². The lowest BCUT2D eigenvalue weighted by atomic mass is 10.5. The molecule has 0 saturated carbocycles. The molecule has 0 aliphatic carbocycles. The van der Waals surface area contributed by atoms with E-state index in [1.807, 2.05) is 0 Å². The lowest BCUT2D eigenvalue weighted by Crippen LogP contribution is -2.42. The van der Waals surface area contributed by atoms with E-state index in [0.29, 0.717) is 0 Å². The normalized spacial score (nSPS) is 17.4. The Bertz CT molecular complexity index is 256. The van der Waals surface area contributed by atoms with Gasteiger partial charge in [0.2, 0.25) is 4.08 Å². The fourth-order valence-corrected chi connectivity index (χ4v) is 1.27. The van der Waals surface area contributed by atoms with Gasteiger partial charge in [-0.1, -0.05) is 0 Å². The third-order valence-electron chi connectivity index (χ3n) is 0.975. The van der Waals surface area contributed by atoms with Gasteiger partial charge in [-0.2, -0.15) is 21.0 Å². The third kappa shape index (κ3) is 2.01. The maximum absolute atomic E-state index is 10.4. The summed E-state index contributed by atoms with van der Waals surface area (Å²) in [7, 11) is -4.73. The molecule has 2 N–H and O–H groups in total. The molecule has 0 bridgehead atoms. The van der Waals surface area contributed by atoms with Crippen LogP contribution in [0.25, 0.3) is 0 Å². The number of aliphatic carboxylic acids is 1. The van der Waals surface area contributed by atoms with Gasteiger partial charge in [-0.15, -0.1) is 12.6 Å². The van der Waals surface area contributed by atoms with Gasteiger partial charge < -0.3 is 5.11 Å². The van der Waals surface area contributed by atoms with Gasteiger partial charge in [-0.25, -0.2) is 4.79 Å². The van der Waals surface area contributed by atoms with E-state index in [4.69, 9.17) is 9.66 Å². The number of rotatable bonds is 3. The summed E-state index contributed by atoms with van der Waals surface area (Å²) in [6.07, 6.45) is 0. The van der Waals surface area contributed by atoms with Crippen molar-refractivity contribution in [3.8, 4) is 0 Å². The minimum absolute atomic E-state index is 0.607. The second-order valence-corrected chi connectivity index (χ2v) is 4.75. The highest BCUT2D eigenvalue weighted by Crippen LogP contribution is 2.22. The van der Waals surface area contributed by atoms with Crippen molar-refractivity contribution in [2.24, 2.45) is 0 Å². The summed E-state index contributed by atoms with van der Waals surface area (Å²) in [4.78, 5) is 10.2. The van der Waals surface area contributed by atoms with E-state index in [9.17, 15) is 13.2 Å². The first-order valence-corrected chi connectivity index (χ1v) is 4.81. The van der Waals surface area contributed by atoms with Crippen molar-refractivity contribution in [2.75, 3.05) is 5.75 Å². The van der Waals surface area contributed by atoms with E-state index in [0.717, 1.165) is 0 Å². The Morgan fingerprint density at radius 3 is 1.91 bits per heavy atom. The molecular formula is C3H6O5S3. The Hall–Kier alpha value is 0.0800. The lowest BCUT2D eigenvalue weighted by Gasteiger charge is -2.16. The maximum atomic E-state index is 10.4. The molecule has 0 aliphatic heterocycles. The van der Waals surface area contributed by atoms with Crippen LogP contribution >= 0.6 is 25.3 Å². The van der Waals surface area contributed by atoms with Crippen molar-refractivity contribution in [1.82, 2.24) is 0 Å². The van der Waals surface area contributed by atoms with Gasteiger partial charge in [0.25, 0.3) is 10.1 Å². The summed E-state index contributed by atoms with van der Waals surface area (Å²) < 4.78 is 26.6. The first kappa shape index (κ1) is 11.1. The Balaban J connectivity index is 5.09. The maximum Gasteiger partial charge on any atom is 0.338 e. The standard InChI is InChI=1S/C3H6O5S3/c4-2(5)3(10,1-9)11(6,7)8/h9-10H,1H2,(H,4,5)(H,6,7,8). The van der Waals surface area contributed by atoms with E-state index in [2.05, 4.69) is 25.3 Å². The van der Waals surface area contributed by atoms with Gasteiger partial charge in [0.1, 0.15) is 0 Å². The van der Waals surface area contributed by atoms with Crippen molar-refractivity contribution < 1.29 is 22.9 Å². The molecule has 0 aromatic heterocycles. The topological polar surface area (TPSA) is 91.7 Å². The van der Waals surface area contributed by atoms with E-state index in [1.165, 1.54) is 0 Å². The van der Waals surface area contributed by atoms with Crippen LogP contribution in [-0.4, -0.2) is 33.9 Å². The monoisotopic (exact) mass is 218 g/mol. The largest absolute Gasteiger partial charge is 0.479 e. The summed E-state index contributed by atoms with van der Waals surface area (Å²) in [5, 5.41) is 8.30. The lowest BCUT2D eigenvalue weighted by molar-refractivity contribution is -0.137. The van der Waals surface area contributed by atoms with Gasteiger partial charge in [0.05, 0.1) is 0 Å². The van der Waals surface area contributed by atoms with Crippen LogP contribution in [0.4, 0.5) is 0 Å². The van der Waals surface area contributed by atoms with Crippen LogP contribution < -0.4 is 0 Å². The van der Waals surface area contributed by atoms with Gasteiger partial charge in [0, 0.05) is 5.75 Å². The van der Waals surface area contributed by atoms with E-state index >= 15 is 0 Å². The highest BCUT2D eigenvalue weighted by molar-refractivity contribution is 8.05. The summed E-state index contributed by atoms with van der Waals surface area (Å²) in [5.41, 5.74) is 0. The predicted molar refractivity (Wildman–Crippen MR) is 44.8 cm³/mol. The van der Waals surface area contributed by atoms with Gasteiger partial charge in [0.15, 0.2) is 0 Å². The van der Waals surface area contributed by atoms with E-state index in [1.54, 1.807) is 0 Å². The van der Waals surface area contributed by atoms with Crippen LogP contribution in [-0.2, 0) is 14.9 Å². The number of hydrogen-bond acceptors (Lipinski definition) is 5. The van der Waals surface area contributed by atoms with Crippen LogP contribution in [0.1, 0.15) is 0 Å². The Kier molecular flexibility index (Phi) is 3.24. The number of hydrogen-bond donors (Lipinski definition) is 4. The Labute approximate surface area is 74.4 Å². The molecule has 8 heteroatoms. The van der Waals surface area contributed by atoms with Crippen LogP contribution in [0.15, 0.2) is 0 Å². The first-order chi connectivity index (χ1) is 4.75. The molecule has 0 heterocycles. The zero-order valence-electron chi connectivity index (χ0n) is 5.13. The van der Waals surface area contributed by atoms with Gasteiger partial charge in [-0.3, -0.25) is 4.55 Å². The molecule has 1 unspecified atom stereocenters. The molecule has 0 aliphatic rings. The minimum atomic E-state index is -4.73. The first-order valence-electron chi connectivity index (χ1n) is 2.29. The van der Waals surface area contributed by atoms with Crippen molar-refractivity contribution in [2.45, 2.75) is 4.08 Å². The molecule has 5 nitrogen and oxygen atoms in total. The molecule has 66 valence electrons. The third-order valence-corrected chi connectivity index (χ3v) is 4.13. The van der Waals surface area contributed by atoms with Crippen molar-refractivity contribution in [3.05, 3.63) is 0 Å². The molecule has 0 fully saturated rings. The second-order valence-electron chi connectivity index (χ2n) is 1.72. The van der Waals surface area contributed by atoms with Crippen molar-refractivity contribution in [1.29, 1.82) is 0 Å². The average molecular weight is 218 g/mol. The zero-order valence-corrected chi connectivity index (χ0v) is 7.73. The molecule has 0 aromatic carbocycles. The zero-order chi connectivity index (χ0) is 9.28. The summed E-state index contributed by atoms with van der Waals surface area (Å²) in [6.45, 7) is 0. The van der Waals surface area contributed by atoms with Gasteiger partial charge in [-0.05, 0) is 0 Å². The SMILES string of the molecule is O=C(O)C(S)(CS)S(=O)(=O)O. The second kappa shape index (κ2) is 3.21. The van der Waals surface area contributed by atoms with Crippen LogP contribution in [0, 0.1) is 0 Å². The van der Waals surface area contributed by atoms with Gasteiger partial charge >= 0.3 is 5.97 Å². The quantitative estimate of drug-likeness (QED) is 0.379. The predicted octanol–water partition coefficient (Wildman–Crippen LogP) is -0.485. The molecule has 0 aromatic rings. The Morgan fingerprint density at radius 1 is 1.55 bits per heavy atom. The molecule has 0 spiro atoms. The summed E-state index contributed by atoms with van der Waals surface area (Å²) in [6, 6.07) is 0.